The van der Waals surface area contributed by atoms with Crippen LogP contribution in [0.4, 0.5) is 0 Å². The van der Waals surface area contributed by atoms with E-state index in [1.807, 2.05) is 66.7 Å². The van der Waals surface area contributed by atoms with Gasteiger partial charge in [0.05, 0.1) is 26.2 Å². The second-order valence-corrected chi connectivity index (χ2v) is 10.0. The van der Waals surface area contributed by atoms with Crippen molar-refractivity contribution in [2.75, 3.05) is 32.7 Å². The van der Waals surface area contributed by atoms with Crippen molar-refractivity contribution in [2.45, 2.75) is 24.5 Å². The maximum absolute atomic E-state index is 13.6. The standard InChI is InChI=1S/C30H32N2O4/c33-28(24-10-4-1-5-11-24)31-18-21-32-19-16-23(17-20-32)27(22-32)36-29(34)30(35,25-12-6-2-7-13-25)26-14-8-3-9-15-26/h1-15,23,27,35H,16-22H2/p+1/t23?,27-,32?/m0/s1. The Kier molecular flexibility index (Phi) is 6.90. The number of quaternary nitrogens is 1. The van der Waals surface area contributed by atoms with Gasteiger partial charge in [-0.05, 0) is 23.3 Å². The fraction of sp³-hybridized carbons (Fsp3) is 0.333. The predicted octanol–water partition coefficient (Wildman–Crippen LogP) is 3.50. The molecule has 3 aromatic carbocycles. The Bertz CT molecular complexity index is 1140. The van der Waals surface area contributed by atoms with E-state index in [0.717, 1.165) is 37.0 Å². The summed E-state index contributed by atoms with van der Waals surface area (Å²) in [6.45, 7) is 4.10. The number of rotatable bonds is 8. The summed E-state index contributed by atoms with van der Waals surface area (Å²) in [6, 6.07) is 27.2. The molecule has 0 spiro atoms. The number of amides is 1. The van der Waals surface area contributed by atoms with Gasteiger partial charge in [0.25, 0.3) is 5.91 Å². The average molecular weight is 486 g/mol. The van der Waals surface area contributed by atoms with Crippen LogP contribution >= 0.6 is 0 Å². The van der Waals surface area contributed by atoms with E-state index in [0.29, 0.717) is 35.7 Å². The number of aliphatic hydroxyl groups is 1. The first-order valence-corrected chi connectivity index (χ1v) is 12.7. The monoisotopic (exact) mass is 485 g/mol. The Balaban J connectivity index is 1.28. The molecule has 6 rings (SSSR count). The van der Waals surface area contributed by atoms with E-state index in [-0.39, 0.29) is 12.0 Å². The quantitative estimate of drug-likeness (QED) is 0.378. The van der Waals surface area contributed by atoms with E-state index in [4.69, 9.17) is 4.74 Å². The van der Waals surface area contributed by atoms with Crippen molar-refractivity contribution < 1.29 is 23.9 Å². The highest BCUT2D eigenvalue weighted by Gasteiger charge is 2.50. The lowest BCUT2D eigenvalue weighted by Gasteiger charge is -2.52. The summed E-state index contributed by atoms with van der Waals surface area (Å²) >= 11 is 0. The molecule has 3 heterocycles. The molecule has 0 radical (unpaired) electrons. The number of benzene rings is 3. The van der Waals surface area contributed by atoms with E-state index < -0.39 is 11.6 Å². The fourth-order valence-electron chi connectivity index (χ4n) is 5.75. The number of nitrogens with one attached hydrogen (secondary N) is 1. The molecular formula is C30H33N2O4+. The van der Waals surface area contributed by atoms with Crippen LogP contribution in [-0.2, 0) is 15.1 Å². The summed E-state index contributed by atoms with van der Waals surface area (Å²) in [6.07, 6.45) is 1.68. The van der Waals surface area contributed by atoms with Crippen LogP contribution in [0.15, 0.2) is 91.0 Å². The van der Waals surface area contributed by atoms with Gasteiger partial charge in [-0.1, -0.05) is 78.9 Å². The molecule has 0 aliphatic carbocycles. The van der Waals surface area contributed by atoms with E-state index in [9.17, 15) is 14.7 Å². The zero-order valence-electron chi connectivity index (χ0n) is 20.4. The largest absolute Gasteiger partial charge is 0.453 e. The third kappa shape index (κ3) is 4.79. The number of fused-ring (bicyclic) bond motifs is 3. The second-order valence-electron chi connectivity index (χ2n) is 10.0. The molecule has 6 nitrogen and oxygen atoms in total. The molecule has 3 aliphatic rings. The van der Waals surface area contributed by atoms with Crippen LogP contribution in [0.3, 0.4) is 0 Å². The Morgan fingerprint density at radius 2 is 1.39 bits per heavy atom. The molecule has 0 saturated carbocycles. The van der Waals surface area contributed by atoms with E-state index in [1.165, 1.54) is 0 Å². The molecule has 1 amide bonds. The third-order valence-corrected chi connectivity index (χ3v) is 7.89. The number of carbonyl (C=O) groups is 2. The zero-order valence-corrected chi connectivity index (χ0v) is 20.4. The highest BCUT2D eigenvalue weighted by Crippen LogP contribution is 2.38. The van der Waals surface area contributed by atoms with Crippen LogP contribution in [-0.4, -0.2) is 60.3 Å². The molecule has 2 bridgehead atoms. The molecule has 3 aliphatic heterocycles. The molecule has 186 valence electrons. The van der Waals surface area contributed by atoms with Gasteiger partial charge in [-0.3, -0.25) is 4.79 Å². The number of ether oxygens (including phenoxy) is 1. The molecule has 3 aromatic rings. The molecule has 0 unspecified atom stereocenters. The Morgan fingerprint density at radius 1 is 0.861 bits per heavy atom. The van der Waals surface area contributed by atoms with Crippen LogP contribution < -0.4 is 5.32 Å². The summed E-state index contributed by atoms with van der Waals surface area (Å²) in [5.41, 5.74) is -0.226. The summed E-state index contributed by atoms with van der Waals surface area (Å²) in [5, 5.41) is 14.8. The fourth-order valence-corrected chi connectivity index (χ4v) is 5.75. The first-order chi connectivity index (χ1) is 17.5. The van der Waals surface area contributed by atoms with Crippen molar-refractivity contribution in [1.82, 2.24) is 5.32 Å². The molecule has 36 heavy (non-hydrogen) atoms. The second kappa shape index (κ2) is 10.2. The number of hydrogen-bond acceptors (Lipinski definition) is 4. The zero-order chi connectivity index (χ0) is 25.0. The average Bonchev–Trinajstić information content (AvgIpc) is 2.94. The molecule has 0 aromatic heterocycles. The topological polar surface area (TPSA) is 75.6 Å². The van der Waals surface area contributed by atoms with Gasteiger partial charge in [0.2, 0.25) is 5.60 Å². The van der Waals surface area contributed by atoms with Crippen molar-refractivity contribution in [1.29, 1.82) is 0 Å². The van der Waals surface area contributed by atoms with Gasteiger partial charge in [-0.15, -0.1) is 0 Å². The van der Waals surface area contributed by atoms with Crippen LogP contribution in [0.1, 0.15) is 34.3 Å². The maximum atomic E-state index is 13.6. The number of nitrogens with zero attached hydrogens (tertiary/aromatic N) is 1. The van der Waals surface area contributed by atoms with Crippen LogP contribution in [0.2, 0.25) is 0 Å². The predicted molar refractivity (Wildman–Crippen MR) is 137 cm³/mol. The molecule has 6 heteroatoms. The summed E-state index contributed by atoms with van der Waals surface area (Å²) < 4.78 is 6.95. The molecule has 2 N–H and O–H groups in total. The first-order valence-electron chi connectivity index (χ1n) is 12.7. The van der Waals surface area contributed by atoms with Crippen LogP contribution in [0.5, 0.6) is 0 Å². The summed E-state index contributed by atoms with van der Waals surface area (Å²) in [4.78, 5) is 26.1. The Hall–Kier alpha value is -3.48. The highest BCUT2D eigenvalue weighted by atomic mass is 16.6. The molecule has 3 saturated heterocycles. The van der Waals surface area contributed by atoms with E-state index in [1.54, 1.807) is 24.3 Å². The van der Waals surface area contributed by atoms with Gasteiger partial charge >= 0.3 is 5.97 Å². The number of piperidine rings is 3. The Labute approximate surface area is 212 Å². The lowest BCUT2D eigenvalue weighted by atomic mass is 9.82. The van der Waals surface area contributed by atoms with Crippen molar-refractivity contribution in [3.63, 3.8) is 0 Å². The minimum absolute atomic E-state index is 0.0699. The Morgan fingerprint density at radius 3 is 1.94 bits per heavy atom. The third-order valence-electron chi connectivity index (χ3n) is 7.89. The SMILES string of the molecule is O=C(NCC[N+]12CCC(CC1)[C@@H](OC(=O)C(O)(c1ccccc1)c1ccccc1)C2)c1ccccc1. The smallest absolute Gasteiger partial charge is 0.348 e. The lowest BCUT2D eigenvalue weighted by molar-refractivity contribution is -0.945. The van der Waals surface area contributed by atoms with Gasteiger partial charge in [-0.25, -0.2) is 4.79 Å². The first kappa shape index (κ1) is 24.2. The van der Waals surface area contributed by atoms with Crippen molar-refractivity contribution in [2.24, 2.45) is 5.92 Å². The van der Waals surface area contributed by atoms with Crippen LogP contribution in [0, 0.1) is 5.92 Å². The van der Waals surface area contributed by atoms with Gasteiger partial charge in [0, 0.05) is 24.3 Å². The van der Waals surface area contributed by atoms with Gasteiger partial charge < -0.3 is 19.6 Å². The van der Waals surface area contributed by atoms with Gasteiger partial charge in [-0.2, -0.15) is 0 Å². The van der Waals surface area contributed by atoms with Crippen molar-refractivity contribution >= 4 is 11.9 Å². The summed E-state index contributed by atoms with van der Waals surface area (Å²) in [7, 11) is 0. The maximum Gasteiger partial charge on any atom is 0.348 e. The highest BCUT2D eigenvalue weighted by molar-refractivity contribution is 5.94. The van der Waals surface area contributed by atoms with E-state index in [2.05, 4.69) is 5.32 Å². The minimum atomic E-state index is -1.87. The number of carbonyl (C=O) groups excluding carboxylic acids is 2. The van der Waals surface area contributed by atoms with Crippen molar-refractivity contribution in [3.05, 3.63) is 108 Å². The summed E-state index contributed by atoms with van der Waals surface area (Å²) in [5.74, 6) is -0.405. The van der Waals surface area contributed by atoms with E-state index >= 15 is 0 Å². The molecular weight excluding hydrogens is 452 g/mol. The minimum Gasteiger partial charge on any atom is -0.453 e. The van der Waals surface area contributed by atoms with Gasteiger partial charge in [0.1, 0.15) is 6.54 Å². The van der Waals surface area contributed by atoms with Crippen LogP contribution in [0.25, 0.3) is 0 Å². The number of hydrogen-bond donors (Lipinski definition) is 2. The lowest BCUT2D eigenvalue weighted by Crippen LogP contribution is -2.66. The van der Waals surface area contributed by atoms with Gasteiger partial charge in [0.15, 0.2) is 6.10 Å². The molecule has 3 fully saturated rings. The molecule has 1 atom stereocenters. The normalized spacial score (nSPS) is 23.1. The number of esters is 1. The van der Waals surface area contributed by atoms with Crippen molar-refractivity contribution in [3.8, 4) is 0 Å².